The zero-order valence-corrected chi connectivity index (χ0v) is 16.8. The number of carbonyl (C=O) groups excluding carboxylic acids is 1. The summed E-state index contributed by atoms with van der Waals surface area (Å²) in [4.78, 5) is 27.6. The summed E-state index contributed by atoms with van der Waals surface area (Å²) in [6.45, 7) is 1.59. The number of hydrogen-bond donors (Lipinski definition) is 1. The van der Waals surface area contributed by atoms with Gasteiger partial charge in [-0.15, -0.1) is 0 Å². The van der Waals surface area contributed by atoms with Gasteiger partial charge in [0.15, 0.2) is 15.5 Å². The molecule has 1 aromatic carbocycles. The number of halogens is 3. The van der Waals surface area contributed by atoms with E-state index in [2.05, 4.69) is 19.9 Å². The molecule has 3 aromatic rings. The van der Waals surface area contributed by atoms with E-state index in [1.165, 1.54) is 37.6 Å². The number of H-pyrrole nitrogens is 1. The monoisotopic (exact) mass is 439 g/mol. The Morgan fingerprint density at radius 1 is 1.13 bits per heavy atom. The van der Waals surface area contributed by atoms with Gasteiger partial charge in [0.05, 0.1) is 16.9 Å². The van der Waals surface area contributed by atoms with Crippen LogP contribution in [0.2, 0.25) is 0 Å². The summed E-state index contributed by atoms with van der Waals surface area (Å²) in [5, 5.41) is 0. The van der Waals surface area contributed by atoms with Crippen LogP contribution in [0.4, 0.5) is 19.1 Å². The fraction of sp³-hybridized carbons (Fsp3) is 0.222. The fourth-order valence-corrected chi connectivity index (χ4v) is 3.21. The molecule has 0 bridgehead atoms. The van der Waals surface area contributed by atoms with Crippen molar-refractivity contribution in [2.45, 2.75) is 18.0 Å². The number of nitrogens with zero attached hydrogens (tertiary/aromatic N) is 4. The van der Waals surface area contributed by atoms with Crippen molar-refractivity contribution in [2.75, 3.05) is 18.2 Å². The summed E-state index contributed by atoms with van der Waals surface area (Å²) in [5.41, 5.74) is -0.666. The number of benzene rings is 1. The Kier molecular flexibility index (Phi) is 5.37. The van der Waals surface area contributed by atoms with Crippen molar-refractivity contribution in [1.29, 1.82) is 0 Å². The second kappa shape index (κ2) is 7.52. The van der Waals surface area contributed by atoms with E-state index in [-0.39, 0.29) is 21.8 Å². The van der Waals surface area contributed by atoms with Crippen molar-refractivity contribution in [3.05, 3.63) is 53.7 Å². The number of hydrogen-bond acceptors (Lipinski definition) is 6. The van der Waals surface area contributed by atoms with Crippen LogP contribution in [0.15, 0.2) is 41.6 Å². The quantitative estimate of drug-likeness (QED) is 0.670. The predicted octanol–water partition coefficient (Wildman–Crippen LogP) is 2.87. The molecule has 2 heterocycles. The molecule has 0 aliphatic heterocycles. The van der Waals surface area contributed by atoms with E-state index < -0.39 is 33.6 Å². The maximum Gasteiger partial charge on any atom is 0.433 e. The lowest BCUT2D eigenvalue weighted by Crippen LogP contribution is -2.30. The molecule has 1 N–H and O–H groups in total. The number of rotatable bonds is 4. The van der Waals surface area contributed by atoms with Gasteiger partial charge in [-0.25, -0.2) is 23.4 Å². The Labute approximate surface area is 169 Å². The second-order valence-corrected chi connectivity index (χ2v) is 8.49. The number of nitrogens with one attached hydrogen (secondary N) is 1. The van der Waals surface area contributed by atoms with E-state index in [1.807, 2.05) is 0 Å². The lowest BCUT2D eigenvalue weighted by molar-refractivity contribution is -0.141. The van der Waals surface area contributed by atoms with Crippen molar-refractivity contribution in [3.63, 3.8) is 0 Å². The maximum atomic E-state index is 13.4. The molecule has 0 saturated heterocycles. The number of alkyl halides is 3. The maximum absolute atomic E-state index is 13.4. The first kappa shape index (κ1) is 21.4. The van der Waals surface area contributed by atoms with Crippen LogP contribution in [0.3, 0.4) is 0 Å². The van der Waals surface area contributed by atoms with E-state index in [4.69, 9.17) is 0 Å². The number of aromatic amines is 1. The molecule has 0 fully saturated rings. The van der Waals surface area contributed by atoms with Crippen LogP contribution in [0.5, 0.6) is 0 Å². The van der Waals surface area contributed by atoms with Crippen LogP contribution in [0, 0.1) is 6.92 Å². The molecule has 0 radical (unpaired) electrons. The predicted molar refractivity (Wildman–Crippen MR) is 102 cm³/mol. The highest BCUT2D eigenvalue weighted by Gasteiger charge is 2.35. The molecule has 0 spiro atoms. The Morgan fingerprint density at radius 2 is 1.77 bits per heavy atom. The Balaban J connectivity index is 2.09. The van der Waals surface area contributed by atoms with E-state index in [9.17, 15) is 26.4 Å². The Bertz CT molecular complexity index is 1200. The third-order valence-corrected chi connectivity index (χ3v) is 5.35. The zero-order valence-electron chi connectivity index (χ0n) is 16.0. The summed E-state index contributed by atoms with van der Waals surface area (Å²) < 4.78 is 63.4. The summed E-state index contributed by atoms with van der Waals surface area (Å²) >= 11 is 0. The summed E-state index contributed by atoms with van der Waals surface area (Å²) in [6.07, 6.45) is -2.48. The highest BCUT2D eigenvalue weighted by atomic mass is 32.2. The molecular weight excluding hydrogens is 423 g/mol. The topological polar surface area (TPSA) is 109 Å². The normalized spacial score (nSPS) is 12.1. The van der Waals surface area contributed by atoms with Crippen LogP contribution in [-0.2, 0) is 16.0 Å². The molecule has 0 aliphatic carbocycles. The smallest absolute Gasteiger partial charge is 0.348 e. The largest absolute Gasteiger partial charge is 0.433 e. The minimum absolute atomic E-state index is 0.0119. The summed E-state index contributed by atoms with van der Waals surface area (Å²) in [6, 6.07) is 5.94. The van der Waals surface area contributed by atoms with Crippen LogP contribution >= 0.6 is 0 Å². The van der Waals surface area contributed by atoms with Crippen molar-refractivity contribution in [2.24, 2.45) is 0 Å². The molecule has 30 heavy (non-hydrogen) atoms. The van der Waals surface area contributed by atoms with Crippen LogP contribution < -0.4 is 4.90 Å². The number of carbonyl (C=O) groups is 1. The molecule has 3 rings (SSSR count). The SMILES string of the molecule is Cc1[nH]cnc1C(=O)N(C)c1nc(-c2ccc(S(C)(=O)=O)cc2)cc(C(F)(F)F)n1. The molecule has 0 unspecified atom stereocenters. The Morgan fingerprint density at radius 3 is 2.27 bits per heavy atom. The number of anilines is 1. The van der Waals surface area contributed by atoms with E-state index in [0.717, 1.165) is 17.2 Å². The van der Waals surface area contributed by atoms with Gasteiger partial charge in [-0.05, 0) is 25.1 Å². The summed E-state index contributed by atoms with van der Waals surface area (Å²) in [7, 11) is -2.23. The van der Waals surface area contributed by atoms with Gasteiger partial charge in [0.25, 0.3) is 5.91 Å². The molecule has 0 atom stereocenters. The average molecular weight is 439 g/mol. The molecule has 8 nitrogen and oxygen atoms in total. The van der Waals surface area contributed by atoms with Crippen LogP contribution in [-0.4, -0.2) is 47.6 Å². The first-order valence-electron chi connectivity index (χ1n) is 8.42. The molecule has 0 saturated carbocycles. The number of sulfone groups is 1. The van der Waals surface area contributed by atoms with E-state index in [1.54, 1.807) is 6.92 Å². The molecule has 2 aromatic heterocycles. The van der Waals surface area contributed by atoms with E-state index in [0.29, 0.717) is 5.69 Å². The van der Waals surface area contributed by atoms with Gasteiger partial charge in [0.2, 0.25) is 5.95 Å². The van der Waals surface area contributed by atoms with Gasteiger partial charge in [-0.3, -0.25) is 9.69 Å². The number of imidazole rings is 1. The first-order valence-corrected chi connectivity index (χ1v) is 10.3. The third-order valence-electron chi connectivity index (χ3n) is 4.22. The van der Waals surface area contributed by atoms with Crippen molar-refractivity contribution < 1.29 is 26.4 Å². The van der Waals surface area contributed by atoms with Gasteiger partial charge < -0.3 is 4.98 Å². The molecule has 1 amide bonds. The fourth-order valence-electron chi connectivity index (χ4n) is 2.57. The van der Waals surface area contributed by atoms with Crippen molar-refractivity contribution in [1.82, 2.24) is 19.9 Å². The van der Waals surface area contributed by atoms with Crippen LogP contribution in [0.1, 0.15) is 21.9 Å². The number of amides is 1. The average Bonchev–Trinajstić information content (AvgIpc) is 3.11. The zero-order chi connectivity index (χ0) is 22.3. The van der Waals surface area contributed by atoms with Crippen molar-refractivity contribution >= 4 is 21.7 Å². The first-order chi connectivity index (χ1) is 13.9. The lowest BCUT2D eigenvalue weighted by atomic mass is 10.1. The highest BCUT2D eigenvalue weighted by Crippen LogP contribution is 2.32. The number of aryl methyl sites for hydroxylation is 1. The minimum Gasteiger partial charge on any atom is -0.348 e. The molecule has 158 valence electrons. The molecule has 0 aliphatic rings. The second-order valence-electron chi connectivity index (χ2n) is 6.47. The van der Waals surface area contributed by atoms with Gasteiger partial charge in [0, 0.05) is 24.6 Å². The van der Waals surface area contributed by atoms with Gasteiger partial charge in [0.1, 0.15) is 5.69 Å². The van der Waals surface area contributed by atoms with E-state index >= 15 is 0 Å². The van der Waals surface area contributed by atoms with Gasteiger partial charge in [-0.1, -0.05) is 12.1 Å². The highest BCUT2D eigenvalue weighted by molar-refractivity contribution is 7.90. The van der Waals surface area contributed by atoms with Gasteiger partial charge in [-0.2, -0.15) is 13.2 Å². The number of aromatic nitrogens is 4. The Hall–Kier alpha value is -3.28. The molecular formula is C18H16F3N5O3S. The minimum atomic E-state index is -4.79. The lowest BCUT2D eigenvalue weighted by Gasteiger charge is -2.17. The van der Waals surface area contributed by atoms with Crippen molar-refractivity contribution in [3.8, 4) is 11.3 Å². The third kappa shape index (κ3) is 4.32. The van der Waals surface area contributed by atoms with Gasteiger partial charge >= 0.3 is 6.18 Å². The standard InChI is InChI=1S/C18H16F3N5O3S/c1-10-15(23-9-22-10)16(27)26(2)17-24-13(8-14(25-17)18(19,20)21)11-4-6-12(7-5-11)30(3,28)29/h4-9H,1-3H3,(H,22,23). The summed E-state index contributed by atoms with van der Waals surface area (Å²) in [5.74, 6) is -1.16. The van der Waals surface area contributed by atoms with Crippen LogP contribution in [0.25, 0.3) is 11.3 Å². The molecule has 12 heteroatoms.